The fourth-order valence-corrected chi connectivity index (χ4v) is 2.30. The minimum Gasteiger partial charge on any atom is -0.324 e. The molecule has 2 aromatic rings. The predicted molar refractivity (Wildman–Crippen MR) is 96.8 cm³/mol. The van der Waals surface area contributed by atoms with Gasteiger partial charge in [0.15, 0.2) is 17.5 Å². The normalized spacial score (nSPS) is 11.6. The van der Waals surface area contributed by atoms with Gasteiger partial charge >= 0.3 is 0 Å². The van der Waals surface area contributed by atoms with Gasteiger partial charge in [-0.2, -0.15) is 5.26 Å². The Balaban J connectivity index is 1.98. The molecule has 0 aliphatic carbocycles. The van der Waals surface area contributed by atoms with Gasteiger partial charge in [-0.15, -0.1) is 0 Å². The molecule has 0 spiro atoms. The van der Waals surface area contributed by atoms with Crippen molar-refractivity contribution in [3.05, 3.63) is 59.4 Å². The number of hydrogen-bond acceptors (Lipinski definition) is 4. The number of nitriles is 1. The van der Waals surface area contributed by atoms with Crippen molar-refractivity contribution in [1.29, 1.82) is 5.26 Å². The summed E-state index contributed by atoms with van der Waals surface area (Å²) in [5.41, 5.74) is 0.123. The van der Waals surface area contributed by atoms with E-state index in [9.17, 15) is 22.8 Å². The summed E-state index contributed by atoms with van der Waals surface area (Å²) in [6, 6.07) is 9.22. The molecule has 0 aliphatic heterocycles. The summed E-state index contributed by atoms with van der Waals surface area (Å²) in [4.78, 5) is 25.8. The fraction of sp³-hybridized carbons (Fsp3) is 0.211. The van der Waals surface area contributed by atoms with Gasteiger partial charge in [-0.05, 0) is 38.2 Å². The number of hydrogen-bond donors (Lipinski definition) is 2. The van der Waals surface area contributed by atoms with E-state index >= 15 is 0 Å². The van der Waals surface area contributed by atoms with Crippen LogP contribution in [0.15, 0.2) is 36.4 Å². The van der Waals surface area contributed by atoms with Crippen LogP contribution in [-0.2, 0) is 9.59 Å². The molecule has 0 unspecified atom stereocenters. The number of benzene rings is 2. The number of para-hydroxylation sites is 1. The van der Waals surface area contributed by atoms with Crippen molar-refractivity contribution in [2.75, 3.05) is 24.2 Å². The third kappa shape index (κ3) is 4.86. The summed E-state index contributed by atoms with van der Waals surface area (Å²) < 4.78 is 39.8. The van der Waals surface area contributed by atoms with Crippen molar-refractivity contribution < 1.29 is 22.8 Å². The van der Waals surface area contributed by atoms with E-state index < -0.39 is 41.0 Å². The van der Waals surface area contributed by atoms with E-state index in [4.69, 9.17) is 5.26 Å². The lowest BCUT2D eigenvalue weighted by atomic mass is 10.2. The Morgan fingerprint density at radius 1 is 1.07 bits per heavy atom. The lowest BCUT2D eigenvalue weighted by Crippen LogP contribution is -2.43. The highest BCUT2D eigenvalue weighted by atomic mass is 19.2. The molecule has 0 aliphatic rings. The number of likely N-dealkylation sites (N-methyl/N-ethyl adjacent to an activating group) is 1. The smallest absolute Gasteiger partial charge is 0.241 e. The second kappa shape index (κ2) is 9.01. The maximum atomic E-state index is 13.6. The van der Waals surface area contributed by atoms with Crippen LogP contribution in [0.1, 0.15) is 12.5 Å². The Morgan fingerprint density at radius 2 is 1.75 bits per heavy atom. The van der Waals surface area contributed by atoms with Crippen LogP contribution in [0.3, 0.4) is 0 Å². The third-order valence-corrected chi connectivity index (χ3v) is 4.05. The second-order valence-corrected chi connectivity index (χ2v) is 6.01. The van der Waals surface area contributed by atoms with Crippen molar-refractivity contribution in [3.8, 4) is 6.07 Å². The highest BCUT2D eigenvalue weighted by Crippen LogP contribution is 2.19. The van der Waals surface area contributed by atoms with E-state index in [0.717, 1.165) is 6.07 Å². The molecule has 2 rings (SSSR count). The van der Waals surface area contributed by atoms with Gasteiger partial charge in [0, 0.05) is 0 Å². The van der Waals surface area contributed by atoms with E-state index in [1.807, 2.05) is 6.07 Å². The quantitative estimate of drug-likeness (QED) is 0.743. The molecule has 2 aromatic carbocycles. The van der Waals surface area contributed by atoms with Crippen molar-refractivity contribution >= 4 is 23.2 Å². The molecule has 0 saturated heterocycles. The van der Waals surface area contributed by atoms with Crippen LogP contribution in [0, 0.1) is 28.8 Å². The molecule has 146 valence electrons. The standard InChI is InChI=1S/C19H17F3N4O2/c1-11(19(28)25-14-6-4-3-5-12(14)9-23)26(2)10-16(27)24-15-8-7-13(20)17(21)18(15)22/h3-8,11H,10H2,1-2H3,(H,24,27)(H,25,28)/t11-/m0/s1. The molecule has 2 amide bonds. The van der Waals surface area contributed by atoms with Crippen LogP contribution >= 0.6 is 0 Å². The van der Waals surface area contributed by atoms with Crippen LogP contribution in [0.5, 0.6) is 0 Å². The lowest BCUT2D eigenvalue weighted by Gasteiger charge is -2.23. The number of carbonyl (C=O) groups is 2. The molecular formula is C19H17F3N4O2. The number of rotatable bonds is 6. The van der Waals surface area contributed by atoms with Crippen LogP contribution in [-0.4, -0.2) is 36.3 Å². The first-order valence-corrected chi connectivity index (χ1v) is 8.18. The molecule has 0 bridgehead atoms. The first kappa shape index (κ1) is 20.9. The molecule has 6 nitrogen and oxygen atoms in total. The number of carbonyl (C=O) groups excluding carboxylic acids is 2. The minimum atomic E-state index is -1.69. The highest BCUT2D eigenvalue weighted by molar-refractivity contribution is 5.97. The summed E-state index contributed by atoms with van der Waals surface area (Å²) in [7, 11) is 1.49. The molecule has 0 saturated carbocycles. The van der Waals surface area contributed by atoms with Gasteiger partial charge in [-0.3, -0.25) is 14.5 Å². The summed E-state index contributed by atoms with van der Waals surface area (Å²) >= 11 is 0. The zero-order chi connectivity index (χ0) is 20.8. The molecule has 28 heavy (non-hydrogen) atoms. The maximum Gasteiger partial charge on any atom is 0.241 e. The van der Waals surface area contributed by atoms with E-state index in [0.29, 0.717) is 11.8 Å². The van der Waals surface area contributed by atoms with Crippen LogP contribution in [0.4, 0.5) is 24.5 Å². The highest BCUT2D eigenvalue weighted by Gasteiger charge is 2.22. The Hall–Kier alpha value is -3.38. The average molecular weight is 390 g/mol. The van der Waals surface area contributed by atoms with Crippen molar-refractivity contribution in [3.63, 3.8) is 0 Å². The monoisotopic (exact) mass is 390 g/mol. The number of nitrogens with one attached hydrogen (secondary N) is 2. The summed E-state index contributed by atoms with van der Waals surface area (Å²) in [5, 5.41) is 13.8. The first-order chi connectivity index (χ1) is 13.2. The third-order valence-electron chi connectivity index (χ3n) is 4.05. The summed E-state index contributed by atoms with van der Waals surface area (Å²) in [6.45, 7) is 1.22. The van der Waals surface area contributed by atoms with E-state index in [1.165, 1.54) is 18.9 Å². The molecule has 9 heteroatoms. The molecular weight excluding hydrogens is 373 g/mol. The van der Waals surface area contributed by atoms with Gasteiger partial charge in [-0.1, -0.05) is 12.1 Å². The van der Waals surface area contributed by atoms with Crippen LogP contribution < -0.4 is 10.6 Å². The topological polar surface area (TPSA) is 85.2 Å². The number of halogens is 3. The van der Waals surface area contributed by atoms with E-state index in [1.54, 1.807) is 24.3 Å². The molecule has 0 aromatic heterocycles. The predicted octanol–water partition coefficient (Wildman–Crippen LogP) is 2.87. The Bertz CT molecular complexity index is 943. The second-order valence-electron chi connectivity index (χ2n) is 6.01. The number of anilines is 2. The zero-order valence-corrected chi connectivity index (χ0v) is 15.1. The van der Waals surface area contributed by atoms with Crippen molar-refractivity contribution in [2.24, 2.45) is 0 Å². The number of amides is 2. The van der Waals surface area contributed by atoms with Gasteiger partial charge in [0.05, 0.1) is 29.5 Å². The minimum absolute atomic E-state index is 0.289. The Morgan fingerprint density at radius 3 is 2.43 bits per heavy atom. The molecule has 0 fully saturated rings. The fourth-order valence-electron chi connectivity index (χ4n) is 2.30. The van der Waals surface area contributed by atoms with Crippen molar-refractivity contribution in [2.45, 2.75) is 13.0 Å². The average Bonchev–Trinajstić information content (AvgIpc) is 2.68. The number of nitrogens with zero attached hydrogens (tertiary/aromatic N) is 2. The van der Waals surface area contributed by atoms with Crippen LogP contribution in [0.2, 0.25) is 0 Å². The van der Waals surface area contributed by atoms with Crippen LogP contribution in [0.25, 0.3) is 0 Å². The molecule has 2 N–H and O–H groups in total. The summed E-state index contributed by atoms with van der Waals surface area (Å²) in [6.07, 6.45) is 0. The zero-order valence-electron chi connectivity index (χ0n) is 15.1. The van der Waals surface area contributed by atoms with Gasteiger partial charge < -0.3 is 10.6 Å². The molecule has 0 heterocycles. The lowest BCUT2D eigenvalue weighted by molar-refractivity contribution is -0.122. The van der Waals surface area contributed by atoms with E-state index in [-0.39, 0.29) is 12.1 Å². The van der Waals surface area contributed by atoms with Gasteiger partial charge in [0.2, 0.25) is 11.8 Å². The molecule has 1 atom stereocenters. The SMILES string of the molecule is C[C@@H](C(=O)Nc1ccccc1C#N)N(C)CC(=O)Nc1ccc(F)c(F)c1F. The Kier molecular flexibility index (Phi) is 6.74. The maximum absolute atomic E-state index is 13.6. The Labute approximate surface area is 159 Å². The van der Waals surface area contributed by atoms with Gasteiger partial charge in [-0.25, -0.2) is 13.2 Å². The van der Waals surface area contributed by atoms with Crippen molar-refractivity contribution in [1.82, 2.24) is 4.90 Å². The molecule has 0 radical (unpaired) electrons. The largest absolute Gasteiger partial charge is 0.324 e. The first-order valence-electron chi connectivity index (χ1n) is 8.18. The van der Waals surface area contributed by atoms with E-state index in [2.05, 4.69) is 10.6 Å². The summed E-state index contributed by atoms with van der Waals surface area (Å²) in [5.74, 6) is -5.73. The van der Waals surface area contributed by atoms with Gasteiger partial charge in [0.25, 0.3) is 0 Å². The van der Waals surface area contributed by atoms with Gasteiger partial charge in [0.1, 0.15) is 6.07 Å².